The van der Waals surface area contributed by atoms with E-state index in [1.807, 2.05) is 6.92 Å². The number of halogens is 1. The molecule has 0 heterocycles. The van der Waals surface area contributed by atoms with Crippen molar-refractivity contribution in [1.82, 2.24) is 0 Å². The molecule has 0 radical (unpaired) electrons. The molecule has 4 heteroatoms. The number of hydrogen-bond donors (Lipinski definition) is 2. The van der Waals surface area contributed by atoms with E-state index < -0.39 is 5.60 Å². The molecule has 3 nitrogen and oxygen atoms in total. The molecule has 3 N–H and O–H groups in total. The first-order valence-corrected chi connectivity index (χ1v) is 6.40. The van der Waals surface area contributed by atoms with Crippen LogP contribution < -0.4 is 10.5 Å². The average Bonchev–Trinajstić information content (AvgIpc) is 2.74. The second kappa shape index (κ2) is 5.24. The molecule has 0 saturated heterocycles. The Labute approximate surface area is 107 Å². The lowest BCUT2D eigenvalue weighted by Crippen LogP contribution is -2.32. The van der Waals surface area contributed by atoms with Crippen LogP contribution in [0.1, 0.15) is 44.2 Å². The van der Waals surface area contributed by atoms with Crippen LogP contribution in [0.2, 0.25) is 0 Å². The smallest absolute Gasteiger partial charge is 0.127 e. The maximum Gasteiger partial charge on any atom is 0.127 e. The molecule has 0 bridgehead atoms. The summed E-state index contributed by atoms with van der Waals surface area (Å²) in [5.74, 6) is 0.0816. The highest BCUT2D eigenvalue weighted by molar-refractivity contribution is 5.36. The summed E-state index contributed by atoms with van der Waals surface area (Å²) in [7, 11) is 0. The third-order valence-corrected chi connectivity index (χ3v) is 3.50. The van der Waals surface area contributed by atoms with Crippen LogP contribution in [0.4, 0.5) is 4.39 Å². The molecule has 2 rings (SSSR count). The molecule has 1 saturated carbocycles. The van der Waals surface area contributed by atoms with E-state index in [2.05, 4.69) is 0 Å². The fourth-order valence-electron chi connectivity index (χ4n) is 2.40. The summed E-state index contributed by atoms with van der Waals surface area (Å²) >= 11 is 0. The summed E-state index contributed by atoms with van der Waals surface area (Å²) in [6.45, 7) is 2.03. The molecule has 0 spiro atoms. The van der Waals surface area contributed by atoms with Gasteiger partial charge in [0.25, 0.3) is 0 Å². The van der Waals surface area contributed by atoms with Crippen molar-refractivity contribution in [2.24, 2.45) is 5.73 Å². The molecule has 1 aliphatic rings. The topological polar surface area (TPSA) is 55.5 Å². The Hall–Kier alpha value is -1.13. The quantitative estimate of drug-likeness (QED) is 0.867. The van der Waals surface area contributed by atoms with Crippen LogP contribution in [0.5, 0.6) is 5.75 Å². The zero-order valence-electron chi connectivity index (χ0n) is 10.7. The van der Waals surface area contributed by atoms with Gasteiger partial charge in [-0.15, -0.1) is 0 Å². The zero-order valence-corrected chi connectivity index (χ0v) is 10.7. The molecule has 1 fully saturated rings. The Bertz CT molecular complexity index is 414. The van der Waals surface area contributed by atoms with Crippen molar-refractivity contribution >= 4 is 0 Å². The van der Waals surface area contributed by atoms with Gasteiger partial charge in [0.15, 0.2) is 0 Å². The molecule has 18 heavy (non-hydrogen) atoms. The molecular formula is C14H20FNO2. The summed E-state index contributed by atoms with van der Waals surface area (Å²) in [5.41, 5.74) is 5.82. The molecule has 1 aliphatic carbocycles. The molecular weight excluding hydrogens is 233 g/mol. The van der Waals surface area contributed by atoms with E-state index in [0.717, 1.165) is 31.2 Å². The SMILES string of the molecule is C[C@H](N)c1ccc(F)cc1OCC1(O)CCCC1. The fraction of sp³-hybridized carbons (Fsp3) is 0.571. The van der Waals surface area contributed by atoms with Gasteiger partial charge in [0, 0.05) is 17.7 Å². The van der Waals surface area contributed by atoms with Gasteiger partial charge in [-0.25, -0.2) is 4.39 Å². The van der Waals surface area contributed by atoms with Gasteiger partial charge in [0.1, 0.15) is 18.2 Å². The van der Waals surface area contributed by atoms with E-state index in [-0.39, 0.29) is 18.5 Å². The van der Waals surface area contributed by atoms with E-state index in [1.54, 1.807) is 6.07 Å². The Morgan fingerprint density at radius 1 is 1.44 bits per heavy atom. The van der Waals surface area contributed by atoms with Gasteiger partial charge in [-0.05, 0) is 25.8 Å². The summed E-state index contributed by atoms with van der Waals surface area (Å²) in [6, 6.07) is 4.11. The Kier molecular flexibility index (Phi) is 3.88. The van der Waals surface area contributed by atoms with Crippen molar-refractivity contribution in [3.8, 4) is 5.75 Å². The first-order chi connectivity index (χ1) is 8.50. The molecule has 1 atom stereocenters. The van der Waals surface area contributed by atoms with Crippen molar-refractivity contribution in [3.05, 3.63) is 29.6 Å². The highest BCUT2D eigenvalue weighted by atomic mass is 19.1. The minimum atomic E-state index is -0.762. The second-order valence-corrected chi connectivity index (χ2v) is 5.19. The third kappa shape index (κ3) is 3.00. The highest BCUT2D eigenvalue weighted by Crippen LogP contribution is 2.31. The summed E-state index contributed by atoms with van der Waals surface area (Å²) in [6.07, 6.45) is 3.53. The Balaban J connectivity index is 2.10. The number of benzene rings is 1. The van der Waals surface area contributed by atoms with E-state index in [0.29, 0.717) is 5.75 Å². The molecule has 1 aromatic carbocycles. The maximum atomic E-state index is 13.2. The fourth-order valence-corrected chi connectivity index (χ4v) is 2.40. The maximum absolute atomic E-state index is 13.2. The molecule has 0 aliphatic heterocycles. The Morgan fingerprint density at radius 2 is 2.11 bits per heavy atom. The summed E-state index contributed by atoms with van der Waals surface area (Å²) in [5, 5.41) is 10.2. The van der Waals surface area contributed by atoms with Crippen LogP contribution in [0.25, 0.3) is 0 Å². The molecule has 1 aromatic rings. The average molecular weight is 253 g/mol. The Morgan fingerprint density at radius 3 is 2.72 bits per heavy atom. The molecule has 0 aromatic heterocycles. The number of hydrogen-bond acceptors (Lipinski definition) is 3. The van der Waals surface area contributed by atoms with Crippen LogP contribution >= 0.6 is 0 Å². The van der Waals surface area contributed by atoms with Crippen LogP contribution in [-0.4, -0.2) is 17.3 Å². The lowest BCUT2D eigenvalue weighted by atomic mass is 10.0. The zero-order chi connectivity index (χ0) is 13.2. The van der Waals surface area contributed by atoms with Gasteiger partial charge < -0.3 is 15.6 Å². The monoisotopic (exact) mass is 253 g/mol. The van der Waals surface area contributed by atoms with E-state index in [4.69, 9.17) is 10.5 Å². The predicted molar refractivity (Wildman–Crippen MR) is 67.9 cm³/mol. The first kappa shape index (κ1) is 13.3. The van der Waals surface area contributed by atoms with Crippen LogP contribution in [-0.2, 0) is 0 Å². The van der Waals surface area contributed by atoms with Crippen molar-refractivity contribution < 1.29 is 14.2 Å². The van der Waals surface area contributed by atoms with Crippen LogP contribution in [0.15, 0.2) is 18.2 Å². The van der Waals surface area contributed by atoms with Gasteiger partial charge in [-0.3, -0.25) is 0 Å². The number of aliphatic hydroxyl groups is 1. The number of rotatable bonds is 4. The minimum absolute atomic E-state index is 0.205. The largest absolute Gasteiger partial charge is 0.490 e. The lowest BCUT2D eigenvalue weighted by Gasteiger charge is -2.23. The van der Waals surface area contributed by atoms with Gasteiger partial charge in [-0.1, -0.05) is 18.9 Å². The normalized spacial score (nSPS) is 19.8. The number of ether oxygens (including phenoxy) is 1. The highest BCUT2D eigenvalue weighted by Gasteiger charge is 2.32. The summed E-state index contributed by atoms with van der Waals surface area (Å²) < 4.78 is 18.8. The minimum Gasteiger partial charge on any atom is -0.490 e. The molecule has 0 amide bonds. The van der Waals surface area contributed by atoms with Crippen molar-refractivity contribution in [2.45, 2.75) is 44.2 Å². The van der Waals surface area contributed by atoms with E-state index in [1.165, 1.54) is 12.1 Å². The molecule has 100 valence electrons. The summed E-state index contributed by atoms with van der Waals surface area (Å²) in [4.78, 5) is 0. The van der Waals surface area contributed by atoms with Crippen LogP contribution in [0.3, 0.4) is 0 Å². The van der Waals surface area contributed by atoms with Gasteiger partial charge >= 0.3 is 0 Å². The first-order valence-electron chi connectivity index (χ1n) is 6.40. The van der Waals surface area contributed by atoms with Gasteiger partial charge in [0.2, 0.25) is 0 Å². The van der Waals surface area contributed by atoms with E-state index in [9.17, 15) is 9.50 Å². The standard InChI is InChI=1S/C14H20FNO2/c1-10(16)12-5-4-11(15)8-13(12)18-9-14(17)6-2-3-7-14/h4-5,8,10,17H,2-3,6-7,9,16H2,1H3/t10-/m0/s1. The van der Waals surface area contributed by atoms with Crippen molar-refractivity contribution in [2.75, 3.05) is 6.61 Å². The predicted octanol–water partition coefficient (Wildman–Crippen LogP) is 2.53. The second-order valence-electron chi connectivity index (χ2n) is 5.19. The van der Waals surface area contributed by atoms with Crippen molar-refractivity contribution in [3.63, 3.8) is 0 Å². The lowest BCUT2D eigenvalue weighted by molar-refractivity contribution is 0.000962. The van der Waals surface area contributed by atoms with Crippen LogP contribution in [0, 0.1) is 5.82 Å². The number of nitrogens with two attached hydrogens (primary N) is 1. The van der Waals surface area contributed by atoms with Crippen molar-refractivity contribution in [1.29, 1.82) is 0 Å². The van der Waals surface area contributed by atoms with Gasteiger partial charge in [-0.2, -0.15) is 0 Å². The van der Waals surface area contributed by atoms with Gasteiger partial charge in [0.05, 0.1) is 5.60 Å². The molecule has 0 unspecified atom stereocenters. The van der Waals surface area contributed by atoms with E-state index >= 15 is 0 Å². The third-order valence-electron chi connectivity index (χ3n) is 3.50.